The maximum absolute atomic E-state index is 13.1. The average Bonchev–Trinajstić information content (AvgIpc) is 2.87. The molecule has 9 nitrogen and oxygen atoms in total. The fraction of sp³-hybridized carbons (Fsp3) is 0.0769. The van der Waals surface area contributed by atoms with Crippen LogP contribution in [0, 0.1) is 11.3 Å². The predicted molar refractivity (Wildman–Crippen MR) is 126 cm³/mol. The number of anilines is 1. The summed E-state index contributed by atoms with van der Waals surface area (Å²) >= 11 is 0. The van der Waals surface area contributed by atoms with E-state index in [1.807, 2.05) is 0 Å². The quantitative estimate of drug-likeness (QED) is 0.428. The van der Waals surface area contributed by atoms with Crippen molar-refractivity contribution in [1.29, 1.82) is 5.26 Å². The van der Waals surface area contributed by atoms with Crippen molar-refractivity contribution in [2.24, 2.45) is 0 Å². The molecule has 1 fully saturated rings. The number of nitrogens with zero attached hydrogens (tertiary/aromatic N) is 2. The monoisotopic (exact) mass is 469 g/mol. The van der Waals surface area contributed by atoms with Crippen molar-refractivity contribution in [1.82, 2.24) is 5.32 Å². The first-order valence-electron chi connectivity index (χ1n) is 10.4. The number of nitrogens with one attached hydrogen (secondary N) is 1. The number of urea groups is 1. The summed E-state index contributed by atoms with van der Waals surface area (Å²) in [5.41, 5.74) is 0.869. The number of imide groups is 2. The van der Waals surface area contributed by atoms with E-state index in [4.69, 9.17) is 14.2 Å². The summed E-state index contributed by atoms with van der Waals surface area (Å²) in [6.45, 7) is 0. The molecule has 1 aliphatic heterocycles. The van der Waals surface area contributed by atoms with Crippen molar-refractivity contribution in [2.75, 3.05) is 19.1 Å². The first-order chi connectivity index (χ1) is 16.9. The second-order valence-corrected chi connectivity index (χ2v) is 7.28. The third kappa shape index (κ3) is 4.67. The molecule has 1 N–H and O–H groups in total. The third-order valence-electron chi connectivity index (χ3n) is 5.16. The molecule has 0 radical (unpaired) electrons. The van der Waals surface area contributed by atoms with Crippen LogP contribution in [0.5, 0.6) is 23.0 Å². The van der Waals surface area contributed by atoms with Crippen molar-refractivity contribution in [2.45, 2.75) is 0 Å². The van der Waals surface area contributed by atoms with Gasteiger partial charge in [-0.05, 0) is 60.2 Å². The Kier molecular flexibility index (Phi) is 6.46. The molecule has 1 heterocycles. The van der Waals surface area contributed by atoms with Crippen molar-refractivity contribution < 1.29 is 28.6 Å². The number of ether oxygens (including phenoxy) is 3. The predicted octanol–water partition coefficient (Wildman–Crippen LogP) is 4.03. The number of nitriles is 1. The SMILES string of the molecule is COc1ccc(N2C(=O)NC(=O)/C(=C\c3ccc(Oc4ccccc4C#N)c(OC)c3)C2=O)cc1. The highest BCUT2D eigenvalue weighted by Crippen LogP contribution is 2.34. The lowest BCUT2D eigenvalue weighted by Crippen LogP contribution is -2.54. The van der Waals surface area contributed by atoms with E-state index in [0.29, 0.717) is 34.1 Å². The second-order valence-electron chi connectivity index (χ2n) is 7.28. The van der Waals surface area contributed by atoms with E-state index in [1.54, 1.807) is 54.6 Å². The van der Waals surface area contributed by atoms with E-state index in [0.717, 1.165) is 4.90 Å². The number of amides is 4. The number of rotatable bonds is 6. The maximum atomic E-state index is 13.1. The average molecular weight is 469 g/mol. The van der Waals surface area contributed by atoms with Crippen molar-refractivity contribution in [3.63, 3.8) is 0 Å². The molecule has 4 rings (SSSR count). The van der Waals surface area contributed by atoms with Crippen LogP contribution in [0.3, 0.4) is 0 Å². The van der Waals surface area contributed by atoms with Gasteiger partial charge in [0.25, 0.3) is 11.8 Å². The largest absolute Gasteiger partial charge is 0.497 e. The summed E-state index contributed by atoms with van der Waals surface area (Å²) in [5.74, 6) is -0.0176. The van der Waals surface area contributed by atoms with E-state index in [9.17, 15) is 19.6 Å². The van der Waals surface area contributed by atoms with Gasteiger partial charge in [-0.3, -0.25) is 14.9 Å². The Morgan fingerprint density at radius 1 is 0.886 bits per heavy atom. The maximum Gasteiger partial charge on any atom is 0.335 e. The van der Waals surface area contributed by atoms with Crippen molar-refractivity contribution in [3.8, 4) is 29.1 Å². The number of carbonyl (C=O) groups excluding carboxylic acids is 3. The Bertz CT molecular complexity index is 1390. The fourth-order valence-electron chi connectivity index (χ4n) is 3.41. The minimum Gasteiger partial charge on any atom is -0.497 e. The molecular formula is C26H19N3O6. The molecule has 0 spiro atoms. The van der Waals surface area contributed by atoms with Crippen LogP contribution in [0.25, 0.3) is 6.08 Å². The van der Waals surface area contributed by atoms with Crippen molar-refractivity contribution in [3.05, 3.63) is 83.4 Å². The van der Waals surface area contributed by atoms with Crippen LogP contribution >= 0.6 is 0 Å². The summed E-state index contributed by atoms with van der Waals surface area (Å²) in [7, 11) is 2.94. The normalized spacial score (nSPS) is 14.4. The van der Waals surface area contributed by atoms with Gasteiger partial charge in [-0.25, -0.2) is 9.69 Å². The first kappa shape index (κ1) is 23.1. The molecule has 4 amide bonds. The number of hydrogen-bond donors (Lipinski definition) is 1. The molecule has 0 unspecified atom stereocenters. The van der Waals surface area contributed by atoms with E-state index < -0.39 is 17.8 Å². The molecule has 174 valence electrons. The Balaban J connectivity index is 1.65. The third-order valence-corrected chi connectivity index (χ3v) is 5.16. The Morgan fingerprint density at radius 3 is 2.31 bits per heavy atom. The number of methoxy groups -OCH3 is 2. The van der Waals surface area contributed by atoms with E-state index in [-0.39, 0.29) is 11.3 Å². The van der Waals surface area contributed by atoms with Crippen LogP contribution < -0.4 is 24.4 Å². The van der Waals surface area contributed by atoms with E-state index >= 15 is 0 Å². The lowest BCUT2D eigenvalue weighted by molar-refractivity contribution is -0.122. The molecule has 3 aromatic rings. The Hall–Kier alpha value is -5.10. The first-order valence-corrected chi connectivity index (χ1v) is 10.4. The van der Waals surface area contributed by atoms with Crippen molar-refractivity contribution >= 4 is 29.6 Å². The molecule has 0 aliphatic carbocycles. The zero-order chi connectivity index (χ0) is 24.9. The van der Waals surface area contributed by atoms with Gasteiger partial charge in [0.1, 0.15) is 23.1 Å². The van der Waals surface area contributed by atoms with Gasteiger partial charge in [-0.15, -0.1) is 0 Å². The lowest BCUT2D eigenvalue weighted by Gasteiger charge is -2.26. The molecule has 9 heteroatoms. The zero-order valence-electron chi connectivity index (χ0n) is 18.8. The fourth-order valence-corrected chi connectivity index (χ4v) is 3.41. The molecule has 0 bridgehead atoms. The summed E-state index contributed by atoms with van der Waals surface area (Å²) < 4.78 is 16.3. The number of barbiturate groups is 1. The minimum atomic E-state index is -0.847. The smallest absolute Gasteiger partial charge is 0.335 e. The number of benzene rings is 3. The summed E-state index contributed by atoms with van der Waals surface area (Å²) in [6, 6.07) is 19.0. The molecule has 3 aromatic carbocycles. The van der Waals surface area contributed by atoms with Gasteiger partial charge in [0, 0.05) is 0 Å². The molecular weight excluding hydrogens is 450 g/mol. The highest BCUT2D eigenvalue weighted by atomic mass is 16.5. The molecule has 0 saturated carbocycles. The van der Waals surface area contributed by atoms with Gasteiger partial charge in [-0.1, -0.05) is 18.2 Å². The van der Waals surface area contributed by atoms with Gasteiger partial charge in [0.2, 0.25) is 0 Å². The minimum absolute atomic E-state index is 0.231. The van der Waals surface area contributed by atoms with Crippen LogP contribution in [0.15, 0.2) is 72.3 Å². The number of para-hydroxylation sites is 1. The lowest BCUT2D eigenvalue weighted by atomic mass is 10.1. The summed E-state index contributed by atoms with van der Waals surface area (Å²) in [6.07, 6.45) is 1.36. The van der Waals surface area contributed by atoms with Gasteiger partial charge < -0.3 is 14.2 Å². The van der Waals surface area contributed by atoms with Crippen LogP contribution in [0.4, 0.5) is 10.5 Å². The second kappa shape index (κ2) is 9.80. The topological polar surface area (TPSA) is 118 Å². The van der Waals surface area contributed by atoms with E-state index in [1.165, 1.54) is 32.4 Å². The van der Waals surface area contributed by atoms with Crippen LogP contribution in [0.1, 0.15) is 11.1 Å². The Labute approximate surface area is 200 Å². The highest BCUT2D eigenvalue weighted by molar-refractivity contribution is 6.39. The number of hydrogen-bond acceptors (Lipinski definition) is 7. The Morgan fingerprint density at radius 2 is 1.63 bits per heavy atom. The van der Waals surface area contributed by atoms with E-state index in [2.05, 4.69) is 11.4 Å². The molecule has 1 aliphatic rings. The summed E-state index contributed by atoms with van der Waals surface area (Å²) in [5, 5.41) is 11.5. The van der Waals surface area contributed by atoms with Gasteiger partial charge in [0.05, 0.1) is 25.5 Å². The molecule has 0 atom stereocenters. The van der Waals surface area contributed by atoms with Gasteiger partial charge in [-0.2, -0.15) is 5.26 Å². The molecule has 1 saturated heterocycles. The highest BCUT2D eigenvalue weighted by Gasteiger charge is 2.36. The number of carbonyl (C=O) groups is 3. The molecule has 35 heavy (non-hydrogen) atoms. The van der Waals surface area contributed by atoms with Crippen LogP contribution in [-0.2, 0) is 9.59 Å². The van der Waals surface area contributed by atoms with Gasteiger partial charge in [0.15, 0.2) is 11.5 Å². The summed E-state index contributed by atoms with van der Waals surface area (Å²) in [4.78, 5) is 38.8. The standard InChI is InChI=1S/C26H19N3O6/c1-33-19-10-8-18(9-11-19)29-25(31)20(24(30)28-26(29)32)13-16-7-12-22(23(14-16)34-2)35-21-6-4-3-5-17(21)15-27/h3-14H,1-2H3,(H,28,30,32)/b20-13+. The molecule has 0 aromatic heterocycles. The zero-order valence-corrected chi connectivity index (χ0v) is 18.8. The van der Waals surface area contributed by atoms with Gasteiger partial charge >= 0.3 is 6.03 Å². The van der Waals surface area contributed by atoms with Crippen LogP contribution in [-0.4, -0.2) is 32.1 Å². The van der Waals surface area contributed by atoms with Crippen LogP contribution in [0.2, 0.25) is 0 Å².